The first-order valence-electron chi connectivity index (χ1n) is 5.95. The number of hydrogen-bond donors (Lipinski definition) is 1. The Morgan fingerprint density at radius 3 is 2.32 bits per heavy atom. The molecule has 0 heterocycles. The van der Waals surface area contributed by atoms with Gasteiger partial charge in [-0.15, -0.1) is 0 Å². The van der Waals surface area contributed by atoms with Gasteiger partial charge < -0.3 is 10.6 Å². The SMILES string of the molecule is Cc1ccc(N(C)c2cc(F)cc(F)c2N)c(C)c1. The van der Waals surface area contributed by atoms with E-state index >= 15 is 0 Å². The van der Waals surface area contributed by atoms with Crippen molar-refractivity contribution in [1.82, 2.24) is 0 Å². The molecular weight excluding hydrogens is 246 g/mol. The molecule has 0 saturated heterocycles. The van der Waals surface area contributed by atoms with Crippen molar-refractivity contribution < 1.29 is 8.78 Å². The number of benzene rings is 2. The van der Waals surface area contributed by atoms with Gasteiger partial charge in [-0.3, -0.25) is 0 Å². The Morgan fingerprint density at radius 2 is 1.68 bits per heavy atom. The van der Waals surface area contributed by atoms with Gasteiger partial charge in [0.1, 0.15) is 5.82 Å². The van der Waals surface area contributed by atoms with E-state index in [0.717, 1.165) is 22.9 Å². The second-order valence-corrected chi connectivity index (χ2v) is 4.67. The second-order valence-electron chi connectivity index (χ2n) is 4.67. The van der Waals surface area contributed by atoms with E-state index in [1.54, 1.807) is 11.9 Å². The molecule has 0 unspecified atom stereocenters. The summed E-state index contributed by atoms with van der Waals surface area (Å²) < 4.78 is 26.8. The molecule has 2 rings (SSSR count). The minimum Gasteiger partial charge on any atom is -0.395 e. The first kappa shape index (κ1) is 13.3. The average molecular weight is 262 g/mol. The van der Waals surface area contributed by atoms with E-state index in [1.165, 1.54) is 6.07 Å². The Balaban J connectivity index is 2.52. The van der Waals surface area contributed by atoms with Gasteiger partial charge in [0, 0.05) is 18.8 Å². The summed E-state index contributed by atoms with van der Waals surface area (Å²) in [5.74, 6) is -1.38. The predicted molar refractivity (Wildman–Crippen MR) is 74.7 cm³/mol. The molecule has 2 N–H and O–H groups in total. The van der Waals surface area contributed by atoms with E-state index in [0.29, 0.717) is 5.69 Å². The van der Waals surface area contributed by atoms with Crippen LogP contribution in [0.15, 0.2) is 30.3 Å². The van der Waals surface area contributed by atoms with Gasteiger partial charge in [-0.25, -0.2) is 8.78 Å². The largest absolute Gasteiger partial charge is 0.395 e. The van der Waals surface area contributed by atoms with Crippen molar-refractivity contribution in [2.75, 3.05) is 17.7 Å². The van der Waals surface area contributed by atoms with Crippen LogP contribution in [0.25, 0.3) is 0 Å². The Bertz CT molecular complexity index is 624. The molecule has 0 aliphatic carbocycles. The molecule has 0 bridgehead atoms. The standard InChI is InChI=1S/C15H16F2N2/c1-9-4-5-13(10(2)6-9)19(3)14-8-11(16)7-12(17)15(14)18/h4-8H,18H2,1-3H3. The van der Waals surface area contributed by atoms with Gasteiger partial charge in [-0.2, -0.15) is 0 Å². The number of nitrogens with two attached hydrogens (primary N) is 1. The molecule has 4 heteroatoms. The molecule has 0 fully saturated rings. The van der Waals surface area contributed by atoms with Crippen molar-refractivity contribution in [3.05, 3.63) is 53.1 Å². The fourth-order valence-electron chi connectivity index (χ4n) is 2.16. The Labute approximate surface area is 111 Å². The van der Waals surface area contributed by atoms with Gasteiger partial charge in [-0.1, -0.05) is 17.7 Å². The number of nitrogen functional groups attached to an aromatic ring is 1. The fourth-order valence-corrected chi connectivity index (χ4v) is 2.16. The molecule has 0 atom stereocenters. The van der Waals surface area contributed by atoms with Gasteiger partial charge in [0.05, 0.1) is 11.4 Å². The zero-order valence-corrected chi connectivity index (χ0v) is 11.2. The van der Waals surface area contributed by atoms with Crippen LogP contribution in [0, 0.1) is 25.5 Å². The Hall–Kier alpha value is -2.10. The molecule has 100 valence electrons. The number of hydrogen-bond acceptors (Lipinski definition) is 2. The molecule has 0 aromatic heterocycles. The van der Waals surface area contributed by atoms with Crippen molar-refractivity contribution in [3.8, 4) is 0 Å². The quantitative estimate of drug-likeness (QED) is 0.831. The summed E-state index contributed by atoms with van der Waals surface area (Å²) in [5, 5.41) is 0. The fraction of sp³-hybridized carbons (Fsp3) is 0.200. The van der Waals surface area contributed by atoms with Crippen molar-refractivity contribution >= 4 is 17.1 Å². The summed E-state index contributed by atoms with van der Waals surface area (Å²) in [6, 6.07) is 7.89. The molecule has 0 spiro atoms. The smallest absolute Gasteiger partial charge is 0.151 e. The van der Waals surface area contributed by atoms with Crippen LogP contribution in [0.5, 0.6) is 0 Å². The normalized spacial score (nSPS) is 10.6. The predicted octanol–water partition coefficient (Wildman–Crippen LogP) is 3.93. The molecule has 0 aliphatic heterocycles. The number of aryl methyl sites for hydroxylation is 2. The summed E-state index contributed by atoms with van der Waals surface area (Å²) in [6.45, 7) is 3.94. The van der Waals surface area contributed by atoms with E-state index in [2.05, 4.69) is 0 Å². The van der Waals surface area contributed by atoms with Gasteiger partial charge in [0.2, 0.25) is 0 Å². The minimum absolute atomic E-state index is 0.0520. The van der Waals surface area contributed by atoms with Crippen LogP contribution >= 0.6 is 0 Å². The maximum atomic E-state index is 13.5. The minimum atomic E-state index is -0.744. The van der Waals surface area contributed by atoms with E-state index in [1.807, 2.05) is 32.0 Å². The van der Waals surface area contributed by atoms with Gasteiger partial charge in [-0.05, 0) is 31.5 Å². The van der Waals surface area contributed by atoms with Crippen LogP contribution in [-0.2, 0) is 0 Å². The highest BCUT2D eigenvalue weighted by atomic mass is 19.1. The molecule has 0 radical (unpaired) electrons. The van der Waals surface area contributed by atoms with Crippen molar-refractivity contribution in [3.63, 3.8) is 0 Å². The molecule has 0 aliphatic rings. The lowest BCUT2D eigenvalue weighted by molar-refractivity contribution is 0.586. The summed E-state index contributed by atoms with van der Waals surface area (Å²) in [4.78, 5) is 1.69. The highest BCUT2D eigenvalue weighted by Gasteiger charge is 2.14. The van der Waals surface area contributed by atoms with Gasteiger partial charge >= 0.3 is 0 Å². The van der Waals surface area contributed by atoms with Crippen molar-refractivity contribution in [2.45, 2.75) is 13.8 Å². The zero-order valence-electron chi connectivity index (χ0n) is 11.2. The maximum absolute atomic E-state index is 13.5. The van der Waals surface area contributed by atoms with Gasteiger partial charge in [0.15, 0.2) is 5.82 Å². The summed E-state index contributed by atoms with van der Waals surface area (Å²) >= 11 is 0. The van der Waals surface area contributed by atoms with Crippen LogP contribution in [0.4, 0.5) is 25.8 Å². The van der Waals surface area contributed by atoms with Crippen LogP contribution in [-0.4, -0.2) is 7.05 Å². The summed E-state index contributed by atoms with van der Waals surface area (Å²) in [6.07, 6.45) is 0. The molecule has 2 nitrogen and oxygen atoms in total. The molecule has 19 heavy (non-hydrogen) atoms. The van der Waals surface area contributed by atoms with Crippen LogP contribution in [0.1, 0.15) is 11.1 Å². The van der Waals surface area contributed by atoms with E-state index in [-0.39, 0.29) is 5.69 Å². The van der Waals surface area contributed by atoms with Gasteiger partial charge in [0.25, 0.3) is 0 Å². The van der Waals surface area contributed by atoms with E-state index in [9.17, 15) is 8.78 Å². The Morgan fingerprint density at radius 1 is 1.00 bits per heavy atom. The van der Waals surface area contributed by atoms with E-state index in [4.69, 9.17) is 5.73 Å². The van der Waals surface area contributed by atoms with Crippen molar-refractivity contribution in [1.29, 1.82) is 0 Å². The average Bonchev–Trinajstić information content (AvgIpc) is 2.33. The van der Waals surface area contributed by atoms with E-state index < -0.39 is 11.6 Å². The maximum Gasteiger partial charge on any atom is 0.151 e. The topological polar surface area (TPSA) is 29.3 Å². The van der Waals surface area contributed by atoms with Crippen LogP contribution < -0.4 is 10.6 Å². The molecular formula is C15H16F2N2. The third kappa shape index (κ3) is 2.52. The first-order valence-corrected chi connectivity index (χ1v) is 5.95. The molecule has 2 aromatic rings. The second kappa shape index (κ2) is 4.88. The monoisotopic (exact) mass is 262 g/mol. The molecule has 2 aromatic carbocycles. The molecule has 0 amide bonds. The van der Waals surface area contributed by atoms with Crippen molar-refractivity contribution in [2.24, 2.45) is 0 Å². The lowest BCUT2D eigenvalue weighted by Crippen LogP contribution is -2.14. The number of nitrogens with zero attached hydrogens (tertiary/aromatic N) is 1. The third-order valence-corrected chi connectivity index (χ3v) is 3.15. The highest BCUT2D eigenvalue weighted by molar-refractivity contribution is 5.76. The Kier molecular flexibility index (Phi) is 3.42. The number of rotatable bonds is 2. The summed E-state index contributed by atoms with van der Waals surface area (Å²) in [5.41, 5.74) is 8.97. The zero-order chi connectivity index (χ0) is 14.2. The third-order valence-electron chi connectivity index (χ3n) is 3.15. The first-order chi connectivity index (χ1) is 8.90. The van der Waals surface area contributed by atoms with Crippen LogP contribution in [0.2, 0.25) is 0 Å². The lowest BCUT2D eigenvalue weighted by Gasteiger charge is -2.23. The molecule has 0 saturated carbocycles. The lowest BCUT2D eigenvalue weighted by atomic mass is 10.1. The summed E-state index contributed by atoms with van der Waals surface area (Å²) in [7, 11) is 1.74. The van der Waals surface area contributed by atoms with Crippen LogP contribution in [0.3, 0.4) is 0 Å². The number of halogens is 2. The number of anilines is 3. The highest BCUT2D eigenvalue weighted by Crippen LogP contribution is 2.33.